The van der Waals surface area contributed by atoms with Crippen molar-refractivity contribution >= 4 is 0 Å². The van der Waals surface area contributed by atoms with Gasteiger partial charge in [0.05, 0.1) is 17.6 Å². The molecule has 1 aliphatic rings. The average Bonchev–Trinajstić information content (AvgIpc) is 2.64. The number of rotatable bonds is 3. The molecule has 4 heteroatoms. The Morgan fingerprint density at radius 1 is 1.53 bits per heavy atom. The summed E-state index contributed by atoms with van der Waals surface area (Å²) in [5.74, 6) is 0. The van der Waals surface area contributed by atoms with Crippen LogP contribution in [0.4, 0.5) is 0 Å². The molecule has 1 saturated heterocycles. The van der Waals surface area contributed by atoms with E-state index >= 15 is 0 Å². The van der Waals surface area contributed by atoms with E-state index in [9.17, 15) is 5.11 Å². The number of nitrogens with zero attached hydrogens (tertiary/aromatic N) is 3. The third-order valence-corrected chi connectivity index (χ3v) is 3.44. The first-order valence-corrected chi connectivity index (χ1v) is 6.43. The van der Waals surface area contributed by atoms with Crippen LogP contribution in [0.1, 0.15) is 45.3 Å². The summed E-state index contributed by atoms with van der Waals surface area (Å²) in [6.45, 7) is 8.97. The summed E-state index contributed by atoms with van der Waals surface area (Å²) in [6, 6.07) is 0.442. The van der Waals surface area contributed by atoms with Gasteiger partial charge in [-0.3, -0.25) is 4.90 Å². The number of likely N-dealkylation sites (tertiary alicyclic amines) is 1. The molecule has 1 aromatic rings. The van der Waals surface area contributed by atoms with Gasteiger partial charge in [-0.05, 0) is 40.2 Å². The molecule has 0 saturated carbocycles. The fraction of sp³-hybridized carbons (Fsp3) is 0.769. The van der Waals surface area contributed by atoms with Gasteiger partial charge in [-0.1, -0.05) is 0 Å². The molecule has 4 nitrogen and oxygen atoms in total. The van der Waals surface area contributed by atoms with Crippen LogP contribution < -0.4 is 0 Å². The van der Waals surface area contributed by atoms with Crippen molar-refractivity contribution in [3.05, 3.63) is 18.2 Å². The van der Waals surface area contributed by atoms with E-state index in [-0.39, 0.29) is 0 Å². The molecule has 96 valence electrons. The van der Waals surface area contributed by atoms with E-state index in [1.165, 1.54) is 5.69 Å². The molecule has 1 aromatic heterocycles. The quantitative estimate of drug-likeness (QED) is 0.871. The monoisotopic (exact) mass is 237 g/mol. The molecular weight excluding hydrogens is 214 g/mol. The smallest absolute Gasteiger partial charge is 0.0951 e. The Bertz CT molecular complexity index is 370. The SMILES string of the molecule is CC(C)n1cncc1CN1CCCC(C)(O)C1. The Kier molecular flexibility index (Phi) is 3.54. The Morgan fingerprint density at radius 3 is 2.94 bits per heavy atom. The van der Waals surface area contributed by atoms with Crippen LogP contribution in [0, 0.1) is 0 Å². The lowest BCUT2D eigenvalue weighted by Gasteiger charge is -2.36. The normalized spacial score (nSPS) is 26.6. The summed E-state index contributed by atoms with van der Waals surface area (Å²) < 4.78 is 2.20. The highest BCUT2D eigenvalue weighted by Crippen LogP contribution is 2.22. The molecule has 0 aromatic carbocycles. The van der Waals surface area contributed by atoms with Crippen molar-refractivity contribution in [2.45, 2.75) is 51.8 Å². The highest BCUT2D eigenvalue weighted by molar-refractivity contribution is 5.00. The van der Waals surface area contributed by atoms with Crippen molar-refractivity contribution in [2.24, 2.45) is 0 Å². The minimum absolute atomic E-state index is 0.442. The van der Waals surface area contributed by atoms with Gasteiger partial charge in [0, 0.05) is 25.3 Å². The first-order chi connectivity index (χ1) is 7.98. The minimum atomic E-state index is -0.527. The van der Waals surface area contributed by atoms with Crippen molar-refractivity contribution in [2.75, 3.05) is 13.1 Å². The van der Waals surface area contributed by atoms with Gasteiger partial charge >= 0.3 is 0 Å². The maximum atomic E-state index is 10.1. The molecule has 2 heterocycles. The van der Waals surface area contributed by atoms with Gasteiger partial charge in [0.25, 0.3) is 0 Å². The number of hydrogen-bond acceptors (Lipinski definition) is 3. The molecule has 0 aliphatic carbocycles. The summed E-state index contributed by atoms with van der Waals surface area (Å²) >= 11 is 0. The standard InChI is InChI=1S/C13H23N3O/c1-11(2)16-10-14-7-12(16)8-15-6-4-5-13(3,17)9-15/h7,10-11,17H,4-6,8-9H2,1-3H3. The zero-order chi connectivity index (χ0) is 12.5. The summed E-state index contributed by atoms with van der Waals surface area (Å²) in [6.07, 6.45) is 5.81. The van der Waals surface area contributed by atoms with Crippen LogP contribution in [-0.2, 0) is 6.54 Å². The predicted octanol–water partition coefficient (Wildman–Crippen LogP) is 1.81. The van der Waals surface area contributed by atoms with Gasteiger partial charge in [0.1, 0.15) is 0 Å². The van der Waals surface area contributed by atoms with Gasteiger partial charge in [-0.15, -0.1) is 0 Å². The molecule has 1 aliphatic heterocycles. The molecule has 0 radical (unpaired) electrons. The van der Waals surface area contributed by atoms with Crippen LogP contribution in [-0.4, -0.2) is 38.2 Å². The van der Waals surface area contributed by atoms with E-state index < -0.39 is 5.60 Å². The Labute approximate surface area is 103 Å². The van der Waals surface area contributed by atoms with Crippen LogP contribution >= 0.6 is 0 Å². The molecular formula is C13H23N3O. The lowest BCUT2D eigenvalue weighted by molar-refractivity contribution is -0.0188. The van der Waals surface area contributed by atoms with Crippen LogP contribution in [0.5, 0.6) is 0 Å². The van der Waals surface area contributed by atoms with E-state index in [0.29, 0.717) is 6.04 Å². The van der Waals surface area contributed by atoms with Crippen molar-refractivity contribution in [1.29, 1.82) is 0 Å². The Balaban J connectivity index is 2.03. The Morgan fingerprint density at radius 2 is 2.29 bits per heavy atom. The second kappa shape index (κ2) is 4.78. The fourth-order valence-electron chi connectivity index (χ4n) is 2.61. The van der Waals surface area contributed by atoms with Gasteiger partial charge in [-0.2, -0.15) is 0 Å². The molecule has 1 N–H and O–H groups in total. The largest absolute Gasteiger partial charge is 0.389 e. The van der Waals surface area contributed by atoms with Crippen molar-refractivity contribution < 1.29 is 5.11 Å². The lowest BCUT2D eigenvalue weighted by Crippen LogP contribution is -2.45. The van der Waals surface area contributed by atoms with E-state index in [1.807, 2.05) is 19.4 Å². The average molecular weight is 237 g/mol. The molecule has 2 rings (SSSR count). The van der Waals surface area contributed by atoms with Crippen LogP contribution in [0.3, 0.4) is 0 Å². The Hall–Kier alpha value is -0.870. The number of imidazole rings is 1. The van der Waals surface area contributed by atoms with Gasteiger partial charge < -0.3 is 9.67 Å². The molecule has 0 bridgehead atoms. The number of hydrogen-bond donors (Lipinski definition) is 1. The number of aliphatic hydroxyl groups is 1. The third kappa shape index (κ3) is 3.07. The van der Waals surface area contributed by atoms with Crippen LogP contribution in [0.2, 0.25) is 0 Å². The molecule has 1 fully saturated rings. The fourth-order valence-corrected chi connectivity index (χ4v) is 2.61. The highest BCUT2D eigenvalue weighted by atomic mass is 16.3. The van der Waals surface area contributed by atoms with E-state index in [2.05, 4.69) is 28.3 Å². The molecule has 0 spiro atoms. The summed E-state index contributed by atoms with van der Waals surface area (Å²) in [7, 11) is 0. The number of piperidine rings is 1. The number of β-amino-alcohol motifs (C(OH)–C–C–N with tert-alkyl or cyclic N) is 1. The zero-order valence-corrected chi connectivity index (χ0v) is 11.1. The zero-order valence-electron chi connectivity index (χ0n) is 11.1. The number of aromatic nitrogens is 2. The minimum Gasteiger partial charge on any atom is -0.389 e. The lowest BCUT2D eigenvalue weighted by atomic mass is 9.95. The van der Waals surface area contributed by atoms with Crippen LogP contribution in [0.25, 0.3) is 0 Å². The van der Waals surface area contributed by atoms with Crippen molar-refractivity contribution in [3.8, 4) is 0 Å². The van der Waals surface area contributed by atoms with Crippen molar-refractivity contribution in [3.63, 3.8) is 0 Å². The van der Waals surface area contributed by atoms with Gasteiger partial charge in [0.15, 0.2) is 0 Å². The maximum Gasteiger partial charge on any atom is 0.0951 e. The van der Waals surface area contributed by atoms with Gasteiger partial charge in [0.2, 0.25) is 0 Å². The molecule has 0 amide bonds. The maximum absolute atomic E-state index is 10.1. The van der Waals surface area contributed by atoms with Gasteiger partial charge in [-0.25, -0.2) is 4.98 Å². The predicted molar refractivity (Wildman–Crippen MR) is 67.7 cm³/mol. The second-order valence-electron chi connectivity index (χ2n) is 5.70. The van der Waals surface area contributed by atoms with Crippen molar-refractivity contribution in [1.82, 2.24) is 14.5 Å². The summed E-state index contributed by atoms with van der Waals surface area (Å²) in [5.41, 5.74) is 0.707. The van der Waals surface area contributed by atoms with Crippen LogP contribution in [0.15, 0.2) is 12.5 Å². The summed E-state index contributed by atoms with van der Waals surface area (Å²) in [5, 5.41) is 10.1. The molecule has 1 unspecified atom stereocenters. The van der Waals surface area contributed by atoms with E-state index in [0.717, 1.165) is 32.5 Å². The van der Waals surface area contributed by atoms with E-state index in [4.69, 9.17) is 0 Å². The topological polar surface area (TPSA) is 41.3 Å². The summed E-state index contributed by atoms with van der Waals surface area (Å²) in [4.78, 5) is 6.54. The first kappa shape index (κ1) is 12.6. The molecule has 17 heavy (non-hydrogen) atoms. The first-order valence-electron chi connectivity index (χ1n) is 6.43. The third-order valence-electron chi connectivity index (χ3n) is 3.44. The second-order valence-corrected chi connectivity index (χ2v) is 5.70. The highest BCUT2D eigenvalue weighted by Gasteiger charge is 2.28. The molecule has 1 atom stereocenters. The van der Waals surface area contributed by atoms with E-state index in [1.54, 1.807) is 0 Å².